The van der Waals surface area contributed by atoms with Gasteiger partial charge in [-0.2, -0.15) is 0 Å². The summed E-state index contributed by atoms with van der Waals surface area (Å²) in [6.45, 7) is 31.1. The van der Waals surface area contributed by atoms with E-state index in [0.717, 1.165) is 22.4 Å². The molecule has 37 heavy (non-hydrogen) atoms. The van der Waals surface area contributed by atoms with Gasteiger partial charge in [-0.3, -0.25) is 0 Å². The third-order valence-electron chi connectivity index (χ3n) is 5.95. The molecule has 3 rings (SSSR count). The van der Waals surface area contributed by atoms with Crippen LogP contribution >= 0.6 is 0 Å². The van der Waals surface area contributed by atoms with Crippen molar-refractivity contribution < 1.29 is 5.11 Å². The summed E-state index contributed by atoms with van der Waals surface area (Å²) in [5.41, 5.74) is 17.3. The lowest BCUT2D eigenvalue weighted by Gasteiger charge is -2.29. The fourth-order valence-electron chi connectivity index (χ4n) is 3.50. The average molecular weight is 512 g/mol. The lowest BCUT2D eigenvalue weighted by molar-refractivity contribution is 0.259. The van der Waals surface area contributed by atoms with Crippen LogP contribution in [0.15, 0.2) is 65.6 Å². The molecule has 1 aromatic rings. The van der Waals surface area contributed by atoms with Crippen LogP contribution in [-0.4, -0.2) is 31.8 Å². The molecule has 1 saturated heterocycles. The molecule has 1 aliphatic carbocycles. The standard InChI is InChI=1S/C10H15N.C10H12O.C7H15N.C4H9N.C2H6/c1-7(2)10-5-8(3)4-9(10)6-11;1-7-4-5-8(2)10(6-7)9(3)11;1-7(2)3-5-8-6-4-7;1-4(2)5-3;1-2/h4,7H,6,11H2,1-3H3;4-6,11H,3H2,1-2H3;8H,3-6H2,1-2H3;5H,1H2,2-3H3;1-2H3. The number of allylic oxidation sites excluding steroid dienone is 2. The highest BCUT2D eigenvalue weighted by Crippen LogP contribution is 2.26. The van der Waals surface area contributed by atoms with E-state index in [-0.39, 0.29) is 5.76 Å². The zero-order valence-corrected chi connectivity index (χ0v) is 25.9. The first-order valence-electron chi connectivity index (χ1n) is 13.6. The normalized spacial score (nSPS) is 14.9. The second kappa shape index (κ2) is 19.6. The van der Waals surface area contributed by atoms with Gasteiger partial charge in [0, 0.05) is 24.7 Å². The Kier molecular flexibility index (Phi) is 19.4. The number of nitrogens with one attached hydrogen (secondary N) is 2. The van der Waals surface area contributed by atoms with Crippen molar-refractivity contribution in [3.63, 3.8) is 0 Å². The number of hydrogen-bond donors (Lipinski definition) is 4. The molecule has 210 valence electrons. The van der Waals surface area contributed by atoms with E-state index in [1.54, 1.807) is 0 Å². The molecule has 4 heteroatoms. The van der Waals surface area contributed by atoms with Crippen molar-refractivity contribution in [3.8, 4) is 0 Å². The second-order valence-electron chi connectivity index (χ2n) is 10.5. The van der Waals surface area contributed by atoms with Gasteiger partial charge in [0.1, 0.15) is 5.76 Å². The topological polar surface area (TPSA) is 70.3 Å². The second-order valence-corrected chi connectivity index (χ2v) is 10.5. The number of hydrogen-bond acceptors (Lipinski definition) is 4. The summed E-state index contributed by atoms with van der Waals surface area (Å²) >= 11 is 0. The van der Waals surface area contributed by atoms with E-state index < -0.39 is 0 Å². The molecule has 0 amide bonds. The number of aliphatic hydroxyl groups is 1. The molecule has 1 aromatic carbocycles. The molecular weight excluding hydrogens is 454 g/mol. The van der Waals surface area contributed by atoms with Gasteiger partial charge in [-0.05, 0) is 99.5 Å². The van der Waals surface area contributed by atoms with Gasteiger partial charge in [-0.15, -0.1) is 5.73 Å². The van der Waals surface area contributed by atoms with Gasteiger partial charge in [-0.1, -0.05) is 72.4 Å². The fraction of sp³-hybridized carbons (Fsp3) is 0.545. The van der Waals surface area contributed by atoms with Crippen molar-refractivity contribution in [2.24, 2.45) is 17.1 Å². The maximum Gasteiger partial charge on any atom is 0.115 e. The zero-order chi connectivity index (χ0) is 29.2. The lowest BCUT2D eigenvalue weighted by Crippen LogP contribution is -2.32. The van der Waals surface area contributed by atoms with E-state index in [4.69, 9.17) is 10.8 Å². The van der Waals surface area contributed by atoms with Crippen molar-refractivity contribution in [2.75, 3.05) is 26.7 Å². The van der Waals surface area contributed by atoms with Crippen LogP contribution in [0.2, 0.25) is 0 Å². The number of aryl methyl sites for hydroxylation is 2. The molecule has 1 heterocycles. The minimum absolute atomic E-state index is 0.145. The number of nitrogens with two attached hydrogens (primary N) is 1. The van der Waals surface area contributed by atoms with Crippen LogP contribution in [0, 0.1) is 25.2 Å². The molecule has 0 atom stereocenters. The van der Waals surface area contributed by atoms with E-state index >= 15 is 0 Å². The Bertz CT molecular complexity index is 921. The first-order valence-corrected chi connectivity index (χ1v) is 13.6. The summed E-state index contributed by atoms with van der Waals surface area (Å²) in [7, 11) is 1.85. The van der Waals surface area contributed by atoms with Crippen molar-refractivity contribution in [2.45, 2.75) is 82.1 Å². The van der Waals surface area contributed by atoms with Gasteiger partial charge in [-0.25, -0.2) is 0 Å². The summed E-state index contributed by atoms with van der Waals surface area (Å²) in [5, 5.41) is 15.3. The van der Waals surface area contributed by atoms with E-state index in [9.17, 15) is 0 Å². The molecule has 0 aromatic heterocycles. The van der Waals surface area contributed by atoms with Crippen molar-refractivity contribution in [1.29, 1.82) is 0 Å². The number of rotatable bonds is 4. The Morgan fingerprint density at radius 3 is 1.95 bits per heavy atom. The highest BCUT2D eigenvalue weighted by Gasteiger charge is 2.19. The Morgan fingerprint density at radius 2 is 1.65 bits per heavy atom. The Morgan fingerprint density at radius 1 is 1.14 bits per heavy atom. The van der Waals surface area contributed by atoms with Crippen LogP contribution in [0.25, 0.3) is 5.76 Å². The van der Waals surface area contributed by atoms with Gasteiger partial charge < -0.3 is 21.5 Å². The molecule has 0 unspecified atom stereocenters. The Hall–Kier alpha value is -2.52. The molecular formula is C33H57N3O. The van der Waals surface area contributed by atoms with Crippen LogP contribution in [0.5, 0.6) is 0 Å². The van der Waals surface area contributed by atoms with Crippen LogP contribution in [0.1, 0.15) is 84.9 Å². The number of benzene rings is 1. The van der Waals surface area contributed by atoms with Gasteiger partial charge in [0.25, 0.3) is 0 Å². The van der Waals surface area contributed by atoms with Crippen molar-refractivity contribution in [1.82, 2.24) is 10.6 Å². The predicted molar refractivity (Wildman–Crippen MR) is 167 cm³/mol. The van der Waals surface area contributed by atoms with Gasteiger partial charge in [0.05, 0.1) is 0 Å². The van der Waals surface area contributed by atoms with Crippen LogP contribution < -0.4 is 16.4 Å². The summed E-state index contributed by atoms with van der Waals surface area (Å²) < 4.78 is 0. The van der Waals surface area contributed by atoms with Gasteiger partial charge >= 0.3 is 0 Å². The number of piperidine rings is 1. The molecule has 0 radical (unpaired) electrons. The SMILES string of the molecule is C=C(C)NC.C=C(O)c1cc(C)ccc1C.CC.CC1(C)CCNCC1.CC1=C=C(C(C)C)C(CN)=C1. The summed E-state index contributed by atoms with van der Waals surface area (Å²) in [5.74, 6) is 0.688. The first kappa shape index (κ1) is 36.6. The molecule has 0 saturated carbocycles. The smallest absolute Gasteiger partial charge is 0.115 e. The summed E-state index contributed by atoms with van der Waals surface area (Å²) in [6, 6.07) is 5.92. The molecule has 1 fully saturated rings. The highest BCUT2D eigenvalue weighted by atomic mass is 16.3. The first-order chi connectivity index (χ1) is 17.2. The Balaban J connectivity index is 0. The minimum atomic E-state index is 0.145. The minimum Gasteiger partial charge on any atom is -0.508 e. The quantitative estimate of drug-likeness (QED) is 0.244. The third-order valence-corrected chi connectivity index (χ3v) is 5.95. The van der Waals surface area contributed by atoms with E-state index in [1.807, 2.05) is 59.9 Å². The van der Waals surface area contributed by atoms with Gasteiger partial charge in [0.15, 0.2) is 0 Å². The van der Waals surface area contributed by atoms with Crippen molar-refractivity contribution >= 4 is 5.76 Å². The molecule has 4 nitrogen and oxygen atoms in total. The maximum absolute atomic E-state index is 9.13. The zero-order valence-electron chi connectivity index (χ0n) is 25.9. The van der Waals surface area contributed by atoms with Gasteiger partial charge in [0.2, 0.25) is 0 Å². The molecule has 0 bridgehead atoms. The summed E-state index contributed by atoms with van der Waals surface area (Å²) in [4.78, 5) is 0. The molecule has 0 spiro atoms. The largest absolute Gasteiger partial charge is 0.508 e. The maximum atomic E-state index is 9.13. The molecule has 5 N–H and O–H groups in total. The predicted octanol–water partition coefficient (Wildman–Crippen LogP) is 8.01. The third kappa shape index (κ3) is 16.8. The average Bonchev–Trinajstić information content (AvgIpc) is 3.24. The summed E-state index contributed by atoms with van der Waals surface area (Å²) in [6.07, 6.45) is 4.80. The van der Waals surface area contributed by atoms with E-state index in [1.165, 1.54) is 42.7 Å². The highest BCUT2D eigenvalue weighted by molar-refractivity contribution is 5.60. The fourth-order valence-corrected chi connectivity index (χ4v) is 3.50. The lowest BCUT2D eigenvalue weighted by atomic mass is 9.83. The van der Waals surface area contributed by atoms with Crippen LogP contribution in [-0.2, 0) is 0 Å². The molecule has 2 aliphatic rings. The Labute approximate surface area is 229 Å². The van der Waals surface area contributed by atoms with Crippen LogP contribution in [0.3, 0.4) is 0 Å². The van der Waals surface area contributed by atoms with E-state index in [0.29, 0.717) is 17.9 Å². The number of aliphatic hydroxyl groups excluding tert-OH is 1. The molecule has 1 aliphatic heterocycles. The van der Waals surface area contributed by atoms with Crippen LogP contribution in [0.4, 0.5) is 0 Å². The monoisotopic (exact) mass is 511 g/mol. The van der Waals surface area contributed by atoms with Crippen molar-refractivity contribution in [3.05, 3.63) is 82.3 Å². The van der Waals surface area contributed by atoms with E-state index in [2.05, 4.69) is 70.2 Å².